The van der Waals surface area contributed by atoms with Gasteiger partial charge in [0.1, 0.15) is 6.04 Å². The fraction of sp³-hybridized carbons (Fsp3) is 0.417. The van der Waals surface area contributed by atoms with Crippen molar-refractivity contribution in [2.45, 2.75) is 45.7 Å². The number of nitrogens with zero attached hydrogens (tertiary/aromatic N) is 2. The number of anilines is 1. The molecule has 0 heterocycles. The van der Waals surface area contributed by atoms with Crippen LogP contribution in [0.5, 0.6) is 0 Å². The van der Waals surface area contributed by atoms with Gasteiger partial charge in [0.15, 0.2) is 0 Å². The minimum Gasteiger partial charge on any atom is -0.354 e. The first kappa shape index (κ1) is 29.2. The highest BCUT2D eigenvalue weighted by molar-refractivity contribution is 7.92. The van der Waals surface area contributed by atoms with Crippen LogP contribution in [-0.2, 0) is 26.2 Å². The van der Waals surface area contributed by atoms with E-state index >= 15 is 0 Å². The largest absolute Gasteiger partial charge is 0.354 e. The molecule has 0 radical (unpaired) electrons. The van der Waals surface area contributed by atoms with Crippen LogP contribution in [0.3, 0.4) is 0 Å². The minimum atomic E-state index is -3.58. The molecule has 1 atom stereocenters. The highest BCUT2D eigenvalue weighted by atomic mass is 35.5. The van der Waals surface area contributed by atoms with Gasteiger partial charge < -0.3 is 10.2 Å². The number of carbonyl (C=O) groups is 2. The van der Waals surface area contributed by atoms with Gasteiger partial charge >= 0.3 is 0 Å². The number of carbonyl (C=O) groups excluding carboxylic acids is 2. The molecule has 0 unspecified atom stereocenters. The highest BCUT2D eigenvalue weighted by Gasteiger charge is 2.27. The lowest BCUT2D eigenvalue weighted by Gasteiger charge is -2.30. The van der Waals surface area contributed by atoms with E-state index in [9.17, 15) is 18.0 Å². The summed E-state index contributed by atoms with van der Waals surface area (Å²) in [6.07, 6.45) is 2.13. The van der Waals surface area contributed by atoms with Crippen molar-refractivity contribution in [3.8, 4) is 0 Å². The standard InChI is InChI=1S/C24H30Cl3N3O4S/c1-4-14-28-24(32)17(2)29(16-20-21(26)7-5-8-22(20)27)23(31)9-6-15-30(35(3,33)34)19-12-10-18(25)11-13-19/h5,7-8,10-13,17H,4,6,9,14-16H2,1-3H3,(H,28,32)/t17-/m1/s1. The zero-order valence-electron chi connectivity index (χ0n) is 19.9. The number of amides is 2. The molecule has 192 valence electrons. The third-order valence-corrected chi connectivity index (χ3v) is 7.53. The predicted molar refractivity (Wildman–Crippen MR) is 143 cm³/mol. The Kier molecular flexibility index (Phi) is 11.1. The fourth-order valence-corrected chi connectivity index (χ4v) is 5.05. The Morgan fingerprint density at radius 3 is 2.17 bits per heavy atom. The number of benzene rings is 2. The summed E-state index contributed by atoms with van der Waals surface area (Å²) in [6, 6.07) is 10.7. The topological polar surface area (TPSA) is 86.8 Å². The molecule has 0 aliphatic carbocycles. The Bertz CT molecular complexity index is 1110. The molecule has 35 heavy (non-hydrogen) atoms. The number of hydrogen-bond donors (Lipinski definition) is 1. The van der Waals surface area contributed by atoms with Crippen molar-refractivity contribution in [3.63, 3.8) is 0 Å². The molecular weight excluding hydrogens is 533 g/mol. The number of halogens is 3. The third kappa shape index (κ3) is 8.56. The molecule has 2 rings (SSSR count). The van der Waals surface area contributed by atoms with Gasteiger partial charge in [0, 0.05) is 46.7 Å². The lowest BCUT2D eigenvalue weighted by molar-refractivity contribution is -0.140. The summed E-state index contributed by atoms with van der Waals surface area (Å²) in [6.45, 7) is 4.20. The van der Waals surface area contributed by atoms with E-state index in [1.807, 2.05) is 6.92 Å². The van der Waals surface area contributed by atoms with E-state index < -0.39 is 16.1 Å². The number of rotatable bonds is 12. The normalized spacial score (nSPS) is 12.2. The first-order valence-electron chi connectivity index (χ1n) is 11.2. The van der Waals surface area contributed by atoms with E-state index in [-0.39, 0.29) is 37.7 Å². The minimum absolute atomic E-state index is 0.0209. The van der Waals surface area contributed by atoms with Crippen LogP contribution >= 0.6 is 34.8 Å². The smallest absolute Gasteiger partial charge is 0.242 e. The molecule has 0 saturated carbocycles. The second-order valence-corrected chi connectivity index (χ2v) is 11.3. The molecular formula is C24H30Cl3N3O4S. The summed E-state index contributed by atoms with van der Waals surface area (Å²) in [5, 5.41) is 4.08. The quantitative estimate of drug-likeness (QED) is 0.388. The predicted octanol–water partition coefficient (Wildman–Crippen LogP) is 5.14. The fourth-order valence-electron chi connectivity index (χ4n) is 3.44. The van der Waals surface area contributed by atoms with Gasteiger partial charge in [-0.3, -0.25) is 13.9 Å². The summed E-state index contributed by atoms with van der Waals surface area (Å²) < 4.78 is 25.9. The number of nitrogens with one attached hydrogen (secondary N) is 1. The molecule has 0 saturated heterocycles. The van der Waals surface area contributed by atoms with Gasteiger partial charge in [-0.25, -0.2) is 8.42 Å². The van der Waals surface area contributed by atoms with Crippen LogP contribution in [0.4, 0.5) is 5.69 Å². The highest BCUT2D eigenvalue weighted by Crippen LogP contribution is 2.27. The van der Waals surface area contributed by atoms with Crippen molar-refractivity contribution in [3.05, 3.63) is 63.1 Å². The SMILES string of the molecule is CCCNC(=O)[C@@H](C)N(Cc1c(Cl)cccc1Cl)C(=O)CCCN(c1ccc(Cl)cc1)S(C)(=O)=O. The Labute approximate surface area is 222 Å². The van der Waals surface area contributed by atoms with Crippen molar-refractivity contribution < 1.29 is 18.0 Å². The van der Waals surface area contributed by atoms with E-state index in [1.165, 1.54) is 9.21 Å². The summed E-state index contributed by atoms with van der Waals surface area (Å²) >= 11 is 18.5. The molecule has 7 nitrogen and oxygen atoms in total. The van der Waals surface area contributed by atoms with Crippen molar-refractivity contribution in [2.24, 2.45) is 0 Å². The number of hydrogen-bond acceptors (Lipinski definition) is 4. The average molecular weight is 563 g/mol. The van der Waals surface area contributed by atoms with Crippen LogP contribution in [0.25, 0.3) is 0 Å². The Morgan fingerprint density at radius 1 is 1.03 bits per heavy atom. The molecule has 0 aromatic heterocycles. The molecule has 0 fully saturated rings. The third-order valence-electron chi connectivity index (χ3n) is 5.37. The van der Waals surface area contributed by atoms with Gasteiger partial charge in [-0.1, -0.05) is 47.8 Å². The lowest BCUT2D eigenvalue weighted by atomic mass is 10.1. The molecule has 2 aromatic carbocycles. The first-order valence-corrected chi connectivity index (χ1v) is 14.2. The molecule has 2 amide bonds. The van der Waals surface area contributed by atoms with E-state index in [1.54, 1.807) is 49.4 Å². The summed E-state index contributed by atoms with van der Waals surface area (Å²) in [5.74, 6) is -0.605. The van der Waals surface area contributed by atoms with E-state index in [0.717, 1.165) is 12.7 Å². The Morgan fingerprint density at radius 2 is 1.63 bits per heavy atom. The Hall–Kier alpha value is -2.00. The molecule has 0 aliphatic rings. The maximum atomic E-state index is 13.3. The van der Waals surface area contributed by atoms with Crippen LogP contribution in [0.15, 0.2) is 42.5 Å². The van der Waals surface area contributed by atoms with Crippen LogP contribution < -0.4 is 9.62 Å². The first-order chi connectivity index (χ1) is 16.5. The van der Waals surface area contributed by atoms with Crippen molar-refractivity contribution in [1.82, 2.24) is 10.2 Å². The van der Waals surface area contributed by atoms with Gasteiger partial charge in [-0.2, -0.15) is 0 Å². The zero-order chi connectivity index (χ0) is 26.2. The number of sulfonamides is 1. The maximum absolute atomic E-state index is 13.3. The van der Waals surface area contributed by atoms with E-state index in [2.05, 4.69) is 5.32 Å². The monoisotopic (exact) mass is 561 g/mol. The molecule has 0 bridgehead atoms. The van der Waals surface area contributed by atoms with Crippen LogP contribution in [-0.4, -0.2) is 50.5 Å². The van der Waals surface area contributed by atoms with Crippen LogP contribution in [0.2, 0.25) is 15.1 Å². The summed E-state index contributed by atoms with van der Waals surface area (Å²) in [4.78, 5) is 27.4. The summed E-state index contributed by atoms with van der Waals surface area (Å²) in [7, 11) is -3.58. The van der Waals surface area contributed by atoms with Crippen molar-refractivity contribution >= 4 is 62.3 Å². The molecule has 1 N–H and O–H groups in total. The van der Waals surface area contributed by atoms with Crippen LogP contribution in [0, 0.1) is 0 Å². The maximum Gasteiger partial charge on any atom is 0.242 e. The molecule has 11 heteroatoms. The van der Waals surface area contributed by atoms with E-state index in [4.69, 9.17) is 34.8 Å². The van der Waals surface area contributed by atoms with Crippen molar-refractivity contribution in [1.29, 1.82) is 0 Å². The van der Waals surface area contributed by atoms with Gasteiger partial charge in [-0.05, 0) is 56.2 Å². The van der Waals surface area contributed by atoms with Crippen LogP contribution in [0.1, 0.15) is 38.7 Å². The van der Waals surface area contributed by atoms with Gasteiger partial charge in [-0.15, -0.1) is 0 Å². The van der Waals surface area contributed by atoms with Crippen molar-refractivity contribution in [2.75, 3.05) is 23.7 Å². The summed E-state index contributed by atoms with van der Waals surface area (Å²) in [5.41, 5.74) is 0.995. The van der Waals surface area contributed by atoms with Gasteiger partial charge in [0.25, 0.3) is 0 Å². The molecule has 0 aliphatic heterocycles. The van der Waals surface area contributed by atoms with Gasteiger partial charge in [0.2, 0.25) is 21.8 Å². The lowest BCUT2D eigenvalue weighted by Crippen LogP contribution is -2.48. The Balaban J connectivity index is 2.20. The second kappa shape index (κ2) is 13.3. The van der Waals surface area contributed by atoms with E-state index in [0.29, 0.717) is 32.9 Å². The van der Waals surface area contributed by atoms with Gasteiger partial charge in [0.05, 0.1) is 11.9 Å². The molecule has 2 aromatic rings. The zero-order valence-corrected chi connectivity index (χ0v) is 23.0. The average Bonchev–Trinajstić information content (AvgIpc) is 2.79. The molecule has 0 spiro atoms. The second-order valence-electron chi connectivity index (χ2n) is 8.10.